The molecule has 0 unspecified atom stereocenters. The van der Waals surface area contributed by atoms with Crippen molar-refractivity contribution >= 4 is 5.91 Å². The molecule has 1 aromatic heterocycles. The Bertz CT molecular complexity index is 837. The van der Waals surface area contributed by atoms with Gasteiger partial charge in [-0.3, -0.25) is 4.79 Å². The van der Waals surface area contributed by atoms with Gasteiger partial charge in [0, 0.05) is 50.1 Å². The lowest BCUT2D eigenvalue weighted by Gasteiger charge is -2.33. The molecule has 0 aliphatic carbocycles. The zero-order chi connectivity index (χ0) is 20.3. The van der Waals surface area contributed by atoms with Crippen molar-refractivity contribution in [2.24, 2.45) is 0 Å². The quantitative estimate of drug-likeness (QED) is 0.708. The molecule has 0 radical (unpaired) electrons. The van der Waals surface area contributed by atoms with Crippen LogP contribution in [0, 0.1) is 17.5 Å². The Morgan fingerprint density at radius 2 is 2.04 bits per heavy atom. The smallest absolute Gasteiger partial charge is 0.227 e. The molecule has 1 saturated heterocycles. The molecule has 0 bridgehead atoms. The minimum absolute atomic E-state index is 0.102. The summed E-state index contributed by atoms with van der Waals surface area (Å²) in [5.74, 6) is -3.33. The van der Waals surface area contributed by atoms with E-state index < -0.39 is 17.5 Å². The number of hydrogen-bond acceptors (Lipinski definition) is 3. The van der Waals surface area contributed by atoms with Gasteiger partial charge in [0.1, 0.15) is 5.82 Å². The summed E-state index contributed by atoms with van der Waals surface area (Å²) in [5, 5.41) is 0. The molecule has 28 heavy (non-hydrogen) atoms. The van der Waals surface area contributed by atoms with Crippen molar-refractivity contribution in [3.8, 4) is 0 Å². The minimum atomic E-state index is -1.54. The Labute approximate surface area is 162 Å². The maximum Gasteiger partial charge on any atom is 0.227 e. The van der Waals surface area contributed by atoms with E-state index in [1.165, 1.54) is 0 Å². The lowest BCUT2D eigenvalue weighted by Crippen LogP contribution is -2.40. The predicted octanol–water partition coefficient (Wildman–Crippen LogP) is 2.81. The Hall–Kier alpha value is -2.35. The highest BCUT2D eigenvalue weighted by Crippen LogP contribution is 2.27. The van der Waals surface area contributed by atoms with Gasteiger partial charge in [-0.1, -0.05) is 6.07 Å². The number of piperidine rings is 1. The molecule has 152 valence electrons. The number of rotatable bonds is 6. The van der Waals surface area contributed by atoms with Gasteiger partial charge in [0.15, 0.2) is 17.5 Å². The van der Waals surface area contributed by atoms with Crippen LogP contribution in [0.5, 0.6) is 0 Å². The van der Waals surface area contributed by atoms with Crippen molar-refractivity contribution in [2.45, 2.75) is 31.7 Å². The van der Waals surface area contributed by atoms with E-state index in [1.807, 2.05) is 20.3 Å². The van der Waals surface area contributed by atoms with E-state index in [-0.39, 0.29) is 23.8 Å². The lowest BCUT2D eigenvalue weighted by atomic mass is 9.96. The SMILES string of the molecule is CN(C)CCn1ccnc1[C@@H]1CCCN(C(=O)Cc2ccc(F)c(F)c2F)C1. The summed E-state index contributed by atoms with van der Waals surface area (Å²) in [7, 11) is 4.02. The fourth-order valence-electron chi connectivity index (χ4n) is 3.57. The lowest BCUT2D eigenvalue weighted by molar-refractivity contribution is -0.131. The molecule has 1 aromatic carbocycles. The number of carbonyl (C=O) groups excluding carboxylic acids is 1. The fourth-order valence-corrected chi connectivity index (χ4v) is 3.57. The van der Waals surface area contributed by atoms with Gasteiger partial charge in [0.05, 0.1) is 6.42 Å². The van der Waals surface area contributed by atoms with Crippen LogP contribution in [0.15, 0.2) is 24.5 Å². The first-order valence-corrected chi connectivity index (χ1v) is 9.42. The van der Waals surface area contributed by atoms with E-state index in [1.54, 1.807) is 11.1 Å². The molecule has 1 aliphatic heterocycles. The summed E-state index contributed by atoms with van der Waals surface area (Å²) in [6.45, 7) is 2.75. The third kappa shape index (κ3) is 4.55. The van der Waals surface area contributed by atoms with E-state index in [9.17, 15) is 18.0 Å². The van der Waals surface area contributed by atoms with Gasteiger partial charge in [0.25, 0.3) is 0 Å². The second-order valence-corrected chi connectivity index (χ2v) is 7.47. The second-order valence-electron chi connectivity index (χ2n) is 7.47. The van der Waals surface area contributed by atoms with Gasteiger partial charge in [-0.2, -0.15) is 0 Å². The number of imidazole rings is 1. The normalized spacial score (nSPS) is 17.4. The number of benzene rings is 1. The molecule has 1 fully saturated rings. The summed E-state index contributed by atoms with van der Waals surface area (Å²) < 4.78 is 42.5. The molecule has 1 atom stereocenters. The first-order chi connectivity index (χ1) is 13.4. The van der Waals surface area contributed by atoms with Crippen LogP contribution in [-0.4, -0.2) is 59.0 Å². The topological polar surface area (TPSA) is 41.4 Å². The fraction of sp³-hybridized carbons (Fsp3) is 0.500. The summed E-state index contributed by atoms with van der Waals surface area (Å²) in [4.78, 5) is 20.9. The third-order valence-electron chi connectivity index (χ3n) is 5.13. The molecule has 0 saturated carbocycles. The highest BCUT2D eigenvalue weighted by atomic mass is 19.2. The average molecular weight is 394 g/mol. The molecule has 2 aromatic rings. The molecule has 8 heteroatoms. The van der Waals surface area contributed by atoms with Crippen molar-refractivity contribution in [1.29, 1.82) is 0 Å². The van der Waals surface area contributed by atoms with Crippen LogP contribution in [0.4, 0.5) is 13.2 Å². The summed E-state index contributed by atoms with van der Waals surface area (Å²) in [6, 6.07) is 1.97. The van der Waals surface area contributed by atoms with E-state index in [0.717, 1.165) is 43.9 Å². The van der Waals surface area contributed by atoms with Gasteiger partial charge in [0.2, 0.25) is 5.91 Å². The number of nitrogens with zero attached hydrogens (tertiary/aromatic N) is 4. The van der Waals surface area contributed by atoms with Gasteiger partial charge in [-0.15, -0.1) is 0 Å². The van der Waals surface area contributed by atoms with Crippen LogP contribution >= 0.6 is 0 Å². The third-order valence-corrected chi connectivity index (χ3v) is 5.13. The summed E-state index contributed by atoms with van der Waals surface area (Å²) in [5.41, 5.74) is -0.126. The number of aromatic nitrogens is 2. The first kappa shape index (κ1) is 20.4. The van der Waals surface area contributed by atoms with Crippen molar-refractivity contribution < 1.29 is 18.0 Å². The van der Waals surface area contributed by atoms with E-state index in [4.69, 9.17) is 0 Å². The Kier molecular flexibility index (Phi) is 6.39. The van der Waals surface area contributed by atoms with Gasteiger partial charge in [-0.05, 0) is 33.0 Å². The highest BCUT2D eigenvalue weighted by Gasteiger charge is 2.28. The van der Waals surface area contributed by atoms with E-state index >= 15 is 0 Å². The summed E-state index contributed by atoms with van der Waals surface area (Å²) in [6.07, 6.45) is 5.16. The van der Waals surface area contributed by atoms with Crippen LogP contribution in [-0.2, 0) is 17.8 Å². The molecule has 1 amide bonds. The monoisotopic (exact) mass is 394 g/mol. The molecule has 2 heterocycles. The Morgan fingerprint density at radius 3 is 2.79 bits per heavy atom. The number of hydrogen-bond donors (Lipinski definition) is 0. The van der Waals surface area contributed by atoms with Crippen LogP contribution in [0.2, 0.25) is 0 Å². The number of amides is 1. The van der Waals surface area contributed by atoms with Gasteiger partial charge >= 0.3 is 0 Å². The molecule has 0 N–H and O–H groups in total. The minimum Gasteiger partial charge on any atom is -0.342 e. The molecule has 0 spiro atoms. The van der Waals surface area contributed by atoms with Crippen LogP contribution < -0.4 is 0 Å². The largest absolute Gasteiger partial charge is 0.342 e. The summed E-state index contributed by atoms with van der Waals surface area (Å²) >= 11 is 0. The Morgan fingerprint density at radius 1 is 1.25 bits per heavy atom. The predicted molar refractivity (Wildman–Crippen MR) is 99.4 cm³/mol. The van der Waals surface area contributed by atoms with Crippen molar-refractivity contribution in [3.63, 3.8) is 0 Å². The maximum atomic E-state index is 13.9. The van der Waals surface area contributed by atoms with Crippen molar-refractivity contribution in [3.05, 3.63) is 53.4 Å². The highest BCUT2D eigenvalue weighted by molar-refractivity contribution is 5.79. The molecule has 1 aliphatic rings. The first-order valence-electron chi connectivity index (χ1n) is 9.42. The molecule has 3 rings (SSSR count). The molecule has 5 nitrogen and oxygen atoms in total. The van der Waals surface area contributed by atoms with Crippen LogP contribution in [0.3, 0.4) is 0 Å². The molecular weight excluding hydrogens is 369 g/mol. The maximum absolute atomic E-state index is 13.9. The number of likely N-dealkylation sites (N-methyl/N-ethyl adjacent to an activating group) is 1. The Balaban J connectivity index is 1.68. The van der Waals surface area contributed by atoms with Gasteiger partial charge in [-0.25, -0.2) is 18.2 Å². The van der Waals surface area contributed by atoms with Crippen molar-refractivity contribution in [2.75, 3.05) is 33.7 Å². The number of carbonyl (C=O) groups is 1. The van der Waals surface area contributed by atoms with Gasteiger partial charge < -0.3 is 14.4 Å². The number of halogens is 3. The van der Waals surface area contributed by atoms with E-state index in [2.05, 4.69) is 14.5 Å². The van der Waals surface area contributed by atoms with Crippen LogP contribution in [0.1, 0.15) is 30.1 Å². The van der Waals surface area contributed by atoms with E-state index in [0.29, 0.717) is 13.1 Å². The van der Waals surface area contributed by atoms with Crippen LogP contribution in [0.25, 0.3) is 0 Å². The number of likely N-dealkylation sites (tertiary alicyclic amines) is 1. The average Bonchev–Trinajstić information content (AvgIpc) is 3.15. The van der Waals surface area contributed by atoms with Crippen molar-refractivity contribution in [1.82, 2.24) is 19.4 Å². The second kappa shape index (κ2) is 8.77. The molecular formula is C20H25F3N4O. The zero-order valence-corrected chi connectivity index (χ0v) is 16.2. The zero-order valence-electron chi connectivity index (χ0n) is 16.2. The standard InChI is InChI=1S/C20H25F3N4O/c1-25(2)10-11-26-9-7-24-20(26)15-4-3-8-27(13-15)17(28)12-14-5-6-16(21)19(23)18(14)22/h5-7,9,15H,3-4,8,10-13H2,1-2H3/t15-/m1/s1.